The summed E-state index contributed by atoms with van der Waals surface area (Å²) in [5.74, 6) is 0.383. The van der Waals surface area contributed by atoms with Gasteiger partial charge in [0.2, 0.25) is 0 Å². The molecule has 1 saturated heterocycles. The highest BCUT2D eigenvalue weighted by molar-refractivity contribution is 5.99. The lowest BCUT2D eigenvalue weighted by atomic mass is 10.0. The maximum absolute atomic E-state index is 12.6. The first-order valence-electron chi connectivity index (χ1n) is 11.0. The molecular formula is C25H33N3O2. The van der Waals surface area contributed by atoms with Gasteiger partial charge in [-0.1, -0.05) is 45.0 Å². The van der Waals surface area contributed by atoms with Crippen LogP contribution in [0.4, 0.5) is 5.69 Å². The Labute approximate surface area is 179 Å². The van der Waals surface area contributed by atoms with Crippen LogP contribution in [0.2, 0.25) is 0 Å². The summed E-state index contributed by atoms with van der Waals surface area (Å²) in [5.41, 5.74) is 3.63. The summed E-state index contributed by atoms with van der Waals surface area (Å²) in [6.07, 6.45) is 2.69. The van der Waals surface area contributed by atoms with Crippen molar-refractivity contribution in [2.45, 2.75) is 46.1 Å². The molecule has 2 aromatic rings. The minimum atomic E-state index is -0.0229. The van der Waals surface area contributed by atoms with Crippen LogP contribution in [0.3, 0.4) is 0 Å². The first kappa shape index (κ1) is 21.9. The zero-order valence-corrected chi connectivity index (χ0v) is 18.3. The maximum atomic E-state index is 12.6. The molecule has 2 amide bonds. The van der Waals surface area contributed by atoms with Crippen LogP contribution in [0.5, 0.6) is 0 Å². The van der Waals surface area contributed by atoms with E-state index in [0.29, 0.717) is 18.0 Å². The zero-order valence-electron chi connectivity index (χ0n) is 18.3. The van der Waals surface area contributed by atoms with Gasteiger partial charge in [0.25, 0.3) is 11.8 Å². The number of amides is 2. The van der Waals surface area contributed by atoms with E-state index < -0.39 is 0 Å². The Morgan fingerprint density at radius 1 is 1.00 bits per heavy atom. The van der Waals surface area contributed by atoms with Crippen LogP contribution in [0, 0.1) is 5.92 Å². The van der Waals surface area contributed by atoms with E-state index in [4.69, 9.17) is 0 Å². The van der Waals surface area contributed by atoms with Gasteiger partial charge in [-0.05, 0) is 55.0 Å². The van der Waals surface area contributed by atoms with E-state index >= 15 is 0 Å². The number of hydrogen-bond acceptors (Lipinski definition) is 3. The lowest BCUT2D eigenvalue weighted by Crippen LogP contribution is -2.45. The molecule has 1 aliphatic heterocycles. The van der Waals surface area contributed by atoms with E-state index in [0.717, 1.165) is 43.6 Å². The van der Waals surface area contributed by atoms with Gasteiger partial charge in [0, 0.05) is 36.9 Å². The summed E-state index contributed by atoms with van der Waals surface area (Å²) in [4.78, 5) is 27.4. The second-order valence-corrected chi connectivity index (χ2v) is 8.41. The zero-order chi connectivity index (χ0) is 21.5. The van der Waals surface area contributed by atoms with E-state index in [9.17, 15) is 9.59 Å². The molecule has 3 rings (SSSR count). The highest BCUT2D eigenvalue weighted by Gasteiger charge is 2.24. The Kier molecular flexibility index (Phi) is 7.50. The predicted molar refractivity (Wildman–Crippen MR) is 122 cm³/mol. The molecule has 2 N–H and O–H groups in total. The summed E-state index contributed by atoms with van der Waals surface area (Å²) >= 11 is 0. The topological polar surface area (TPSA) is 61.4 Å². The third-order valence-corrected chi connectivity index (χ3v) is 5.61. The molecule has 0 saturated carbocycles. The molecule has 30 heavy (non-hydrogen) atoms. The predicted octanol–water partition coefficient (Wildman–Crippen LogP) is 4.03. The monoisotopic (exact) mass is 407 g/mol. The summed E-state index contributed by atoms with van der Waals surface area (Å²) in [6.45, 7) is 8.57. The Hall–Kier alpha value is -2.82. The van der Waals surface area contributed by atoms with Crippen LogP contribution in [0.1, 0.15) is 59.9 Å². The molecule has 0 spiro atoms. The molecule has 0 aliphatic carbocycles. The fourth-order valence-electron chi connectivity index (χ4n) is 3.76. The average Bonchev–Trinajstić information content (AvgIpc) is 2.78. The lowest BCUT2D eigenvalue weighted by Gasteiger charge is -2.35. The van der Waals surface area contributed by atoms with Gasteiger partial charge in [0.05, 0.1) is 5.56 Å². The first-order valence-corrected chi connectivity index (χ1v) is 11.0. The Morgan fingerprint density at radius 2 is 1.67 bits per heavy atom. The van der Waals surface area contributed by atoms with E-state index in [-0.39, 0.29) is 17.9 Å². The van der Waals surface area contributed by atoms with Crippen LogP contribution < -0.4 is 15.5 Å². The van der Waals surface area contributed by atoms with Crippen molar-refractivity contribution in [3.8, 4) is 0 Å². The molecule has 0 radical (unpaired) electrons. The van der Waals surface area contributed by atoms with Gasteiger partial charge in [0.15, 0.2) is 0 Å². The highest BCUT2D eigenvalue weighted by Crippen LogP contribution is 2.24. The van der Waals surface area contributed by atoms with Gasteiger partial charge in [-0.15, -0.1) is 0 Å². The van der Waals surface area contributed by atoms with E-state index in [1.165, 1.54) is 5.56 Å². The van der Waals surface area contributed by atoms with Gasteiger partial charge < -0.3 is 15.5 Å². The molecule has 0 bridgehead atoms. The molecule has 1 aliphatic rings. The summed E-state index contributed by atoms with van der Waals surface area (Å²) in [7, 11) is 0. The molecule has 2 aromatic carbocycles. The number of piperidine rings is 1. The summed E-state index contributed by atoms with van der Waals surface area (Å²) in [5, 5.41) is 6.19. The van der Waals surface area contributed by atoms with E-state index in [2.05, 4.69) is 36.3 Å². The van der Waals surface area contributed by atoms with Gasteiger partial charge in [-0.3, -0.25) is 9.59 Å². The minimum Gasteiger partial charge on any atom is -0.371 e. The molecule has 0 atom stereocenters. The number of para-hydroxylation sites is 1. The third-order valence-electron chi connectivity index (χ3n) is 5.61. The van der Waals surface area contributed by atoms with Crippen LogP contribution in [0.15, 0.2) is 48.5 Å². The van der Waals surface area contributed by atoms with Crippen molar-refractivity contribution < 1.29 is 9.59 Å². The fraction of sp³-hybridized carbons (Fsp3) is 0.440. The molecular weight excluding hydrogens is 374 g/mol. The van der Waals surface area contributed by atoms with Crippen molar-refractivity contribution in [1.29, 1.82) is 0 Å². The van der Waals surface area contributed by atoms with Gasteiger partial charge in [0.1, 0.15) is 0 Å². The second-order valence-electron chi connectivity index (χ2n) is 8.41. The molecule has 5 heteroatoms. The fourth-order valence-corrected chi connectivity index (χ4v) is 3.76. The molecule has 1 fully saturated rings. The minimum absolute atomic E-state index is 0.00966. The van der Waals surface area contributed by atoms with Gasteiger partial charge >= 0.3 is 0 Å². The van der Waals surface area contributed by atoms with E-state index in [1.54, 1.807) is 0 Å². The van der Waals surface area contributed by atoms with Crippen molar-refractivity contribution in [2.75, 3.05) is 24.5 Å². The molecule has 160 valence electrons. The number of carbonyl (C=O) groups excluding carboxylic acids is 2. The van der Waals surface area contributed by atoms with Crippen molar-refractivity contribution in [3.05, 3.63) is 65.2 Å². The van der Waals surface area contributed by atoms with Crippen molar-refractivity contribution in [3.63, 3.8) is 0 Å². The summed E-state index contributed by atoms with van der Waals surface area (Å²) < 4.78 is 0. The van der Waals surface area contributed by atoms with Gasteiger partial charge in [-0.2, -0.15) is 0 Å². The van der Waals surface area contributed by atoms with Crippen LogP contribution in [-0.4, -0.2) is 37.5 Å². The Balaban J connectivity index is 1.57. The second kappa shape index (κ2) is 10.3. The Bertz CT molecular complexity index is 853. The molecule has 5 nitrogen and oxygen atoms in total. The lowest BCUT2D eigenvalue weighted by molar-refractivity contribution is 0.0929. The Morgan fingerprint density at radius 3 is 2.30 bits per heavy atom. The van der Waals surface area contributed by atoms with Crippen molar-refractivity contribution >= 4 is 17.5 Å². The largest absolute Gasteiger partial charge is 0.371 e. The SMILES string of the molecule is CCc1ccc(C(=O)NC2CCN(c3ccccc3C(=O)NCC(C)C)CC2)cc1. The third kappa shape index (κ3) is 5.62. The number of benzene rings is 2. The van der Waals surface area contributed by atoms with Crippen molar-refractivity contribution in [2.24, 2.45) is 5.92 Å². The smallest absolute Gasteiger partial charge is 0.253 e. The van der Waals surface area contributed by atoms with Crippen LogP contribution >= 0.6 is 0 Å². The molecule has 1 heterocycles. The van der Waals surface area contributed by atoms with E-state index in [1.807, 2.05) is 48.5 Å². The van der Waals surface area contributed by atoms with Crippen LogP contribution in [-0.2, 0) is 6.42 Å². The number of carbonyl (C=O) groups is 2. The molecule has 0 aromatic heterocycles. The highest BCUT2D eigenvalue weighted by atomic mass is 16.2. The number of nitrogens with zero attached hydrogens (tertiary/aromatic N) is 1. The normalized spacial score (nSPS) is 14.6. The van der Waals surface area contributed by atoms with Crippen LogP contribution in [0.25, 0.3) is 0 Å². The maximum Gasteiger partial charge on any atom is 0.253 e. The number of rotatable bonds is 7. The number of nitrogens with one attached hydrogen (secondary N) is 2. The quantitative estimate of drug-likeness (QED) is 0.728. The number of aryl methyl sites for hydroxylation is 1. The average molecular weight is 408 g/mol. The number of anilines is 1. The van der Waals surface area contributed by atoms with Gasteiger partial charge in [-0.25, -0.2) is 0 Å². The van der Waals surface area contributed by atoms with Crippen molar-refractivity contribution in [1.82, 2.24) is 10.6 Å². The number of hydrogen-bond donors (Lipinski definition) is 2. The molecule has 0 unspecified atom stereocenters. The standard InChI is InChI=1S/C25H33N3O2/c1-4-19-9-11-20(12-10-19)24(29)27-21-13-15-28(16-14-21)23-8-6-5-7-22(23)25(30)26-17-18(2)3/h5-12,18,21H,4,13-17H2,1-3H3,(H,26,30)(H,27,29). The first-order chi connectivity index (χ1) is 14.5. The summed E-state index contributed by atoms with van der Waals surface area (Å²) in [6, 6.07) is 15.8.